The van der Waals surface area contributed by atoms with Crippen LogP contribution in [0.15, 0.2) is 29.3 Å². The van der Waals surface area contributed by atoms with E-state index in [2.05, 4.69) is 4.74 Å². The topological polar surface area (TPSA) is 76.0 Å². The van der Waals surface area contributed by atoms with Crippen LogP contribution in [0.1, 0.15) is 24.8 Å². The Bertz CT molecular complexity index is 480. The Morgan fingerprint density at radius 2 is 1.77 bits per heavy atom. The van der Waals surface area contributed by atoms with E-state index in [0.717, 1.165) is 50.2 Å². The molecule has 0 saturated heterocycles. The highest BCUT2D eigenvalue weighted by Crippen LogP contribution is 2.30. The molecule has 0 radical (unpaired) electrons. The Labute approximate surface area is 132 Å². The second kappa shape index (κ2) is 11.8. The first-order valence-electron chi connectivity index (χ1n) is 7.02. The number of allylic oxidation sites excluding steroid dienone is 2. The molecule has 0 bridgehead atoms. The summed E-state index contributed by atoms with van der Waals surface area (Å²) in [6.07, 6.45) is 4.60. The van der Waals surface area contributed by atoms with Gasteiger partial charge in [0.1, 0.15) is 17.8 Å². The zero-order chi connectivity index (χ0) is 17.0. The number of carbonyl (C=O) groups excluding carboxylic acids is 1. The number of rotatable bonds is 4. The van der Waals surface area contributed by atoms with Crippen molar-refractivity contribution in [2.24, 2.45) is 0 Å². The van der Waals surface area contributed by atoms with Gasteiger partial charge >= 0.3 is 0 Å². The summed E-state index contributed by atoms with van der Waals surface area (Å²) in [6, 6.07) is 5.19. The largest absolute Gasteiger partial charge is 0.508 e. The van der Waals surface area contributed by atoms with Crippen molar-refractivity contribution >= 4 is 6.29 Å². The molecule has 124 valence electrons. The molecule has 2 rings (SSSR count). The first kappa shape index (κ1) is 20.1. The van der Waals surface area contributed by atoms with Crippen molar-refractivity contribution in [1.29, 1.82) is 0 Å². The maximum atomic E-state index is 10.9. The average molecular weight is 310 g/mol. The van der Waals surface area contributed by atoms with Crippen molar-refractivity contribution in [2.75, 3.05) is 28.4 Å². The number of aldehydes is 1. The molecule has 22 heavy (non-hydrogen) atoms. The lowest BCUT2D eigenvalue weighted by Crippen LogP contribution is -1.93. The van der Waals surface area contributed by atoms with Crippen molar-refractivity contribution in [3.8, 4) is 11.5 Å². The number of hydrogen-bond acceptors (Lipinski definition) is 5. The van der Waals surface area contributed by atoms with Gasteiger partial charge in [0.25, 0.3) is 0 Å². The number of aliphatic hydroxyl groups is 1. The number of methoxy groups -OCH3 is 2. The smallest absolute Gasteiger partial charge is 0.145 e. The van der Waals surface area contributed by atoms with Crippen LogP contribution in [-0.4, -0.2) is 44.9 Å². The van der Waals surface area contributed by atoms with E-state index in [1.165, 1.54) is 5.57 Å². The number of aromatic hydroxyl groups is 1. The van der Waals surface area contributed by atoms with Crippen LogP contribution in [0.25, 0.3) is 0 Å². The fourth-order valence-corrected chi connectivity index (χ4v) is 2.28. The summed E-state index contributed by atoms with van der Waals surface area (Å²) in [4.78, 5) is 10.9. The van der Waals surface area contributed by atoms with Crippen molar-refractivity contribution in [1.82, 2.24) is 0 Å². The second-order valence-electron chi connectivity index (χ2n) is 4.72. The molecular formula is C17H26O5. The minimum atomic E-state index is 0.200. The number of aliphatic hydroxyl groups excluding tert-OH is 1. The lowest BCUT2D eigenvalue weighted by molar-refractivity contribution is -0.105. The van der Waals surface area contributed by atoms with Crippen LogP contribution < -0.4 is 4.74 Å². The zero-order valence-electron chi connectivity index (χ0n) is 13.8. The molecule has 0 heterocycles. The Kier molecular flexibility index (Phi) is 10.8. The molecule has 1 aliphatic carbocycles. The molecule has 0 atom stereocenters. The van der Waals surface area contributed by atoms with Gasteiger partial charge in [0.05, 0.1) is 7.11 Å². The van der Waals surface area contributed by atoms with Gasteiger partial charge in [-0.05, 0) is 49.0 Å². The molecule has 0 fully saturated rings. The maximum Gasteiger partial charge on any atom is 0.145 e. The van der Waals surface area contributed by atoms with E-state index in [0.29, 0.717) is 5.75 Å². The summed E-state index contributed by atoms with van der Waals surface area (Å²) < 4.78 is 9.36. The molecule has 0 saturated carbocycles. The van der Waals surface area contributed by atoms with E-state index >= 15 is 0 Å². The Balaban J connectivity index is 0.000000789. The third-order valence-corrected chi connectivity index (χ3v) is 3.13. The third-order valence-electron chi connectivity index (χ3n) is 3.13. The van der Waals surface area contributed by atoms with Crippen LogP contribution in [0.2, 0.25) is 0 Å². The third kappa shape index (κ3) is 6.74. The molecule has 5 heteroatoms. The molecule has 1 aliphatic rings. The number of benzene rings is 1. The molecule has 1 aromatic rings. The minimum Gasteiger partial charge on any atom is -0.508 e. The van der Waals surface area contributed by atoms with E-state index in [-0.39, 0.29) is 5.75 Å². The van der Waals surface area contributed by atoms with Gasteiger partial charge in [0.15, 0.2) is 0 Å². The first-order valence-corrected chi connectivity index (χ1v) is 7.02. The zero-order valence-corrected chi connectivity index (χ0v) is 13.8. The molecular weight excluding hydrogens is 284 g/mol. The highest BCUT2D eigenvalue weighted by Gasteiger charge is 2.14. The highest BCUT2D eigenvalue weighted by molar-refractivity contribution is 5.75. The lowest BCUT2D eigenvalue weighted by Gasteiger charge is -2.07. The monoisotopic (exact) mass is 310 g/mol. The van der Waals surface area contributed by atoms with Gasteiger partial charge in [-0.2, -0.15) is 0 Å². The predicted octanol–water partition coefficient (Wildman–Crippen LogP) is 2.49. The molecule has 1 aromatic carbocycles. The predicted molar refractivity (Wildman–Crippen MR) is 86.4 cm³/mol. The van der Waals surface area contributed by atoms with E-state index in [1.807, 2.05) is 6.07 Å². The van der Waals surface area contributed by atoms with Crippen molar-refractivity contribution in [2.45, 2.75) is 25.7 Å². The number of hydrogen-bond donors (Lipinski definition) is 2. The van der Waals surface area contributed by atoms with Gasteiger partial charge in [0, 0.05) is 27.4 Å². The SMILES string of the molecule is CO.COC.COc1cc(O)cc(CC2=C(C=O)CCC2)c1. The van der Waals surface area contributed by atoms with Gasteiger partial charge in [-0.25, -0.2) is 0 Å². The Morgan fingerprint density at radius 1 is 1.14 bits per heavy atom. The van der Waals surface area contributed by atoms with Crippen LogP contribution >= 0.6 is 0 Å². The molecule has 0 amide bonds. The quantitative estimate of drug-likeness (QED) is 0.836. The van der Waals surface area contributed by atoms with E-state index in [1.54, 1.807) is 33.5 Å². The molecule has 5 nitrogen and oxygen atoms in total. The number of phenolic OH excluding ortho intramolecular Hbond substituents is 1. The van der Waals surface area contributed by atoms with Crippen LogP contribution in [0.3, 0.4) is 0 Å². The fraction of sp³-hybridized carbons (Fsp3) is 0.471. The van der Waals surface area contributed by atoms with E-state index < -0.39 is 0 Å². The standard InChI is InChI=1S/C14H16O3.C2H6O.CH4O/c1-17-14-7-10(6-13(16)8-14)5-11-3-2-4-12(11)9-15;1-3-2;1-2/h6-9,16H,2-5H2,1H3;1-2H3;2H,1H3. The highest BCUT2D eigenvalue weighted by atomic mass is 16.5. The Morgan fingerprint density at radius 3 is 2.32 bits per heavy atom. The maximum absolute atomic E-state index is 10.9. The number of ether oxygens (including phenoxy) is 2. The lowest BCUT2D eigenvalue weighted by atomic mass is 10.0. The first-order chi connectivity index (χ1) is 10.6. The molecule has 0 aromatic heterocycles. The van der Waals surface area contributed by atoms with Crippen molar-refractivity contribution in [3.05, 3.63) is 34.9 Å². The molecule has 2 N–H and O–H groups in total. The van der Waals surface area contributed by atoms with Gasteiger partial charge in [-0.1, -0.05) is 5.57 Å². The summed E-state index contributed by atoms with van der Waals surface area (Å²) >= 11 is 0. The van der Waals surface area contributed by atoms with Crippen molar-refractivity contribution in [3.63, 3.8) is 0 Å². The minimum absolute atomic E-state index is 0.200. The molecule has 0 unspecified atom stereocenters. The average Bonchev–Trinajstić information content (AvgIpc) is 2.96. The summed E-state index contributed by atoms with van der Waals surface area (Å²) in [7, 11) is 5.82. The van der Waals surface area contributed by atoms with Crippen LogP contribution in [-0.2, 0) is 16.0 Å². The number of carbonyl (C=O) groups is 1. The van der Waals surface area contributed by atoms with Gasteiger partial charge in [-0.3, -0.25) is 4.79 Å². The van der Waals surface area contributed by atoms with Gasteiger partial charge < -0.3 is 19.7 Å². The normalized spacial score (nSPS) is 12.8. The molecule has 0 spiro atoms. The summed E-state index contributed by atoms with van der Waals surface area (Å²) in [6.45, 7) is 0. The van der Waals surface area contributed by atoms with E-state index in [4.69, 9.17) is 9.84 Å². The molecule has 0 aliphatic heterocycles. The summed E-state index contributed by atoms with van der Waals surface area (Å²) in [5, 5.41) is 16.6. The summed E-state index contributed by atoms with van der Waals surface area (Å²) in [5.41, 5.74) is 3.10. The van der Waals surface area contributed by atoms with Crippen LogP contribution in [0, 0.1) is 0 Å². The second-order valence-corrected chi connectivity index (χ2v) is 4.72. The van der Waals surface area contributed by atoms with Crippen molar-refractivity contribution < 1.29 is 24.5 Å². The van der Waals surface area contributed by atoms with E-state index in [9.17, 15) is 9.90 Å². The van der Waals surface area contributed by atoms with Gasteiger partial charge in [0.2, 0.25) is 0 Å². The summed E-state index contributed by atoms with van der Waals surface area (Å²) in [5.74, 6) is 0.844. The van der Waals surface area contributed by atoms with Crippen LogP contribution in [0.4, 0.5) is 0 Å². The van der Waals surface area contributed by atoms with Crippen LogP contribution in [0.5, 0.6) is 11.5 Å². The van der Waals surface area contributed by atoms with Gasteiger partial charge in [-0.15, -0.1) is 0 Å². The Hall–Kier alpha value is -1.85. The fourth-order valence-electron chi connectivity index (χ4n) is 2.28. The number of phenols is 1.